The molecule has 0 aromatic carbocycles. The van der Waals surface area contributed by atoms with E-state index in [1.807, 2.05) is 4.90 Å². The lowest BCUT2D eigenvalue weighted by molar-refractivity contribution is -0.132. The Labute approximate surface area is 155 Å². The first-order chi connectivity index (χ1) is 12.1. The van der Waals surface area contributed by atoms with Gasteiger partial charge < -0.3 is 9.47 Å². The van der Waals surface area contributed by atoms with Crippen molar-refractivity contribution in [2.24, 2.45) is 0 Å². The Bertz CT molecular complexity index is 888. The Hall–Kier alpha value is -1.80. The van der Waals surface area contributed by atoms with Crippen LogP contribution < -0.4 is 5.56 Å². The van der Waals surface area contributed by atoms with Crippen LogP contribution in [0.4, 0.5) is 0 Å². The van der Waals surface area contributed by atoms with Crippen molar-refractivity contribution in [1.82, 2.24) is 19.0 Å². The SMILES string of the molecule is C=CCn1c(=S)sc2c(=O)n(CC(=O)N3CCCCCCC3)cnc21. The van der Waals surface area contributed by atoms with Crippen molar-refractivity contribution in [2.75, 3.05) is 13.1 Å². The van der Waals surface area contributed by atoms with E-state index < -0.39 is 0 Å². The molecule has 6 nitrogen and oxygen atoms in total. The van der Waals surface area contributed by atoms with E-state index in [0.29, 0.717) is 20.8 Å². The third-order valence-corrected chi connectivity index (χ3v) is 5.90. The van der Waals surface area contributed by atoms with E-state index in [1.165, 1.54) is 28.7 Å². The number of fused-ring (bicyclic) bond motifs is 1. The highest BCUT2D eigenvalue weighted by Gasteiger charge is 2.18. The van der Waals surface area contributed by atoms with E-state index >= 15 is 0 Å². The van der Waals surface area contributed by atoms with Crippen LogP contribution in [0.15, 0.2) is 23.8 Å². The van der Waals surface area contributed by atoms with Gasteiger partial charge in [-0.15, -0.1) is 6.58 Å². The van der Waals surface area contributed by atoms with Crippen LogP contribution in [-0.2, 0) is 17.9 Å². The second kappa shape index (κ2) is 8.05. The number of rotatable bonds is 4. The number of hydrogen-bond donors (Lipinski definition) is 0. The van der Waals surface area contributed by atoms with Crippen LogP contribution in [0.2, 0.25) is 0 Å². The van der Waals surface area contributed by atoms with Crippen molar-refractivity contribution in [2.45, 2.75) is 45.2 Å². The maximum Gasteiger partial charge on any atom is 0.273 e. The largest absolute Gasteiger partial charge is 0.341 e. The van der Waals surface area contributed by atoms with Crippen molar-refractivity contribution >= 4 is 39.8 Å². The molecule has 0 spiro atoms. The zero-order valence-corrected chi connectivity index (χ0v) is 15.8. The summed E-state index contributed by atoms with van der Waals surface area (Å²) in [6.07, 6.45) is 8.81. The van der Waals surface area contributed by atoms with Crippen molar-refractivity contribution in [1.29, 1.82) is 0 Å². The minimum Gasteiger partial charge on any atom is -0.341 e. The number of aromatic nitrogens is 3. The summed E-state index contributed by atoms with van der Waals surface area (Å²) in [6.45, 7) is 5.81. The quantitative estimate of drug-likeness (QED) is 0.606. The van der Waals surface area contributed by atoms with E-state index in [9.17, 15) is 9.59 Å². The van der Waals surface area contributed by atoms with Gasteiger partial charge in [-0.2, -0.15) is 0 Å². The minimum atomic E-state index is -0.204. The first kappa shape index (κ1) is 18.0. The van der Waals surface area contributed by atoms with E-state index in [2.05, 4.69) is 11.6 Å². The Morgan fingerprint density at radius 2 is 1.96 bits per heavy atom. The van der Waals surface area contributed by atoms with Crippen LogP contribution >= 0.6 is 23.6 Å². The summed E-state index contributed by atoms with van der Waals surface area (Å²) in [4.78, 5) is 31.6. The van der Waals surface area contributed by atoms with Crippen molar-refractivity contribution in [3.8, 4) is 0 Å². The van der Waals surface area contributed by atoms with Gasteiger partial charge in [-0.05, 0) is 25.1 Å². The maximum atomic E-state index is 12.7. The summed E-state index contributed by atoms with van der Waals surface area (Å²) in [5, 5.41) is 0. The zero-order chi connectivity index (χ0) is 17.8. The molecule has 1 aliphatic rings. The van der Waals surface area contributed by atoms with Crippen molar-refractivity contribution < 1.29 is 4.79 Å². The van der Waals surface area contributed by atoms with Crippen LogP contribution in [0.3, 0.4) is 0 Å². The molecule has 1 amide bonds. The summed E-state index contributed by atoms with van der Waals surface area (Å²) >= 11 is 6.55. The Morgan fingerprint density at radius 3 is 2.64 bits per heavy atom. The van der Waals surface area contributed by atoms with E-state index in [1.54, 1.807) is 10.6 Å². The second-order valence-electron chi connectivity index (χ2n) is 6.25. The summed E-state index contributed by atoms with van der Waals surface area (Å²) in [6, 6.07) is 0. The molecule has 2 aromatic rings. The lowest BCUT2D eigenvalue weighted by Gasteiger charge is -2.25. The molecule has 1 saturated heterocycles. The molecule has 1 fully saturated rings. The van der Waals surface area contributed by atoms with Crippen molar-refractivity contribution in [3.05, 3.63) is 33.3 Å². The average molecular weight is 379 g/mol. The lowest BCUT2D eigenvalue weighted by atomic mass is 10.1. The standard InChI is InChI=1S/C17H22N4O2S2/c1-2-8-21-15-14(25-17(21)24)16(23)20(12-18-15)11-13(22)19-9-6-4-3-5-7-10-19/h2,12H,1,3-11H2. The summed E-state index contributed by atoms with van der Waals surface area (Å²) in [5.74, 6) is -0.0146. The minimum absolute atomic E-state index is 0.0146. The van der Waals surface area contributed by atoms with Gasteiger partial charge in [0.15, 0.2) is 9.60 Å². The number of nitrogens with zero attached hydrogens (tertiary/aromatic N) is 4. The van der Waals surface area contributed by atoms with Gasteiger partial charge in [0, 0.05) is 19.6 Å². The number of hydrogen-bond acceptors (Lipinski definition) is 5. The first-order valence-corrected chi connectivity index (χ1v) is 9.81. The summed E-state index contributed by atoms with van der Waals surface area (Å²) in [7, 11) is 0. The molecular weight excluding hydrogens is 356 g/mol. The monoisotopic (exact) mass is 378 g/mol. The van der Waals surface area contributed by atoms with E-state index in [0.717, 1.165) is 38.8 Å². The normalized spacial score (nSPS) is 15.8. The average Bonchev–Trinajstić information content (AvgIpc) is 2.87. The van der Waals surface area contributed by atoms with Gasteiger partial charge >= 0.3 is 0 Å². The van der Waals surface area contributed by atoms with Gasteiger partial charge in [0.25, 0.3) is 5.56 Å². The Kier molecular flexibility index (Phi) is 5.80. The molecule has 1 aliphatic heterocycles. The smallest absolute Gasteiger partial charge is 0.273 e. The molecule has 134 valence electrons. The predicted octanol–water partition coefficient (Wildman–Crippen LogP) is 2.97. The number of amides is 1. The number of thiazole rings is 1. The highest BCUT2D eigenvalue weighted by Crippen LogP contribution is 2.18. The summed E-state index contributed by atoms with van der Waals surface area (Å²) < 4.78 is 4.27. The van der Waals surface area contributed by atoms with Crippen LogP contribution in [0.25, 0.3) is 10.3 Å². The van der Waals surface area contributed by atoms with Gasteiger partial charge in [-0.3, -0.25) is 14.2 Å². The van der Waals surface area contributed by atoms with Gasteiger partial charge in [0.05, 0.1) is 0 Å². The molecule has 3 heterocycles. The number of carbonyl (C=O) groups excluding carboxylic acids is 1. The third-order valence-electron chi connectivity index (χ3n) is 4.47. The molecular formula is C17H22N4O2S2. The molecule has 0 N–H and O–H groups in total. The van der Waals surface area contributed by atoms with Gasteiger partial charge in [-0.1, -0.05) is 36.7 Å². The fourth-order valence-electron chi connectivity index (χ4n) is 3.12. The molecule has 0 radical (unpaired) electrons. The predicted molar refractivity (Wildman–Crippen MR) is 103 cm³/mol. The van der Waals surface area contributed by atoms with E-state index in [-0.39, 0.29) is 18.0 Å². The fourth-order valence-corrected chi connectivity index (χ4v) is 4.43. The Morgan fingerprint density at radius 1 is 1.28 bits per heavy atom. The zero-order valence-electron chi connectivity index (χ0n) is 14.1. The highest BCUT2D eigenvalue weighted by atomic mass is 32.1. The number of allylic oxidation sites excluding steroid dienone is 1. The van der Waals surface area contributed by atoms with Crippen LogP contribution in [0, 0.1) is 3.95 Å². The molecule has 0 unspecified atom stereocenters. The topological polar surface area (TPSA) is 60.1 Å². The van der Waals surface area contributed by atoms with Gasteiger partial charge in [0.1, 0.15) is 17.6 Å². The van der Waals surface area contributed by atoms with Crippen LogP contribution in [0.1, 0.15) is 32.1 Å². The molecule has 2 aromatic heterocycles. The molecule has 0 saturated carbocycles. The number of carbonyl (C=O) groups is 1. The second-order valence-corrected chi connectivity index (χ2v) is 7.89. The molecule has 0 atom stereocenters. The molecule has 25 heavy (non-hydrogen) atoms. The Balaban J connectivity index is 1.85. The maximum absolute atomic E-state index is 12.7. The van der Waals surface area contributed by atoms with Gasteiger partial charge in [0.2, 0.25) is 5.91 Å². The molecule has 3 rings (SSSR count). The fraction of sp³-hybridized carbons (Fsp3) is 0.529. The van der Waals surface area contributed by atoms with Gasteiger partial charge in [-0.25, -0.2) is 4.98 Å². The first-order valence-electron chi connectivity index (χ1n) is 8.59. The summed E-state index contributed by atoms with van der Waals surface area (Å²) in [5.41, 5.74) is 0.360. The van der Waals surface area contributed by atoms with Crippen molar-refractivity contribution in [3.63, 3.8) is 0 Å². The van der Waals surface area contributed by atoms with Crippen LogP contribution in [-0.4, -0.2) is 38.0 Å². The number of likely N-dealkylation sites (tertiary alicyclic amines) is 1. The lowest BCUT2D eigenvalue weighted by Crippen LogP contribution is -2.38. The molecule has 0 aliphatic carbocycles. The molecule has 8 heteroatoms. The molecule has 0 bridgehead atoms. The third kappa shape index (κ3) is 3.90. The van der Waals surface area contributed by atoms with E-state index in [4.69, 9.17) is 12.2 Å². The van der Waals surface area contributed by atoms with Crippen LogP contribution in [0.5, 0.6) is 0 Å². The highest BCUT2D eigenvalue weighted by molar-refractivity contribution is 7.73.